The fourth-order valence-electron chi connectivity index (χ4n) is 4.81. The number of rotatable bonds is 4. The van der Waals surface area contributed by atoms with Crippen molar-refractivity contribution < 1.29 is 4.79 Å². The van der Waals surface area contributed by atoms with Crippen LogP contribution in [0.3, 0.4) is 0 Å². The monoisotopic (exact) mass is 541 g/mol. The van der Waals surface area contributed by atoms with Gasteiger partial charge in [-0.25, -0.2) is 9.79 Å². The summed E-state index contributed by atoms with van der Waals surface area (Å²) in [5.41, 5.74) is 3.77. The minimum Gasteiger partial charge on any atom is -0.322 e. The molecule has 1 atom stereocenters. The molecule has 6 rings (SSSR count). The van der Waals surface area contributed by atoms with Crippen LogP contribution in [0.25, 0.3) is 17.1 Å². The summed E-state index contributed by atoms with van der Waals surface area (Å²) in [6.07, 6.45) is 1.81. The highest BCUT2D eigenvalue weighted by atomic mass is 32.1. The van der Waals surface area contributed by atoms with Crippen molar-refractivity contribution in [1.29, 1.82) is 0 Å². The van der Waals surface area contributed by atoms with E-state index in [0.29, 0.717) is 26.3 Å². The van der Waals surface area contributed by atoms with Crippen molar-refractivity contribution in [2.24, 2.45) is 19.1 Å². The van der Waals surface area contributed by atoms with Crippen LogP contribution in [0.2, 0.25) is 0 Å². The average Bonchev–Trinajstić information content (AvgIpc) is 3.60. The highest BCUT2D eigenvalue weighted by Gasteiger charge is 2.33. The van der Waals surface area contributed by atoms with Crippen LogP contribution in [0.4, 0.5) is 5.69 Å². The molecule has 0 unspecified atom stereocenters. The number of allylic oxidation sites excluding steroid dienone is 1. The zero-order valence-corrected chi connectivity index (χ0v) is 22.5. The van der Waals surface area contributed by atoms with E-state index in [1.165, 1.54) is 22.7 Å². The van der Waals surface area contributed by atoms with E-state index < -0.39 is 6.04 Å². The van der Waals surface area contributed by atoms with Crippen molar-refractivity contribution >= 4 is 51.4 Å². The topological polar surface area (TPSA) is 90.4 Å². The molecule has 1 amide bonds. The zero-order valence-electron chi connectivity index (χ0n) is 20.8. The molecule has 3 aromatic heterocycles. The standard InChI is InChI=1S/C28H23N5O3S2/c1-16-23(25(34)30-18-8-5-4-6-9-18)24(21-10-7-13-37-21)33-26(35)22(38-27(33)29-16)15-17-11-12-19-20(14-17)32(3)28(36)31(19)2/h4-15,24H,1-3H3,(H,30,34)/b22-15+/t24-/m1/s1. The summed E-state index contributed by atoms with van der Waals surface area (Å²) in [5.74, 6) is -0.291. The summed E-state index contributed by atoms with van der Waals surface area (Å²) < 4.78 is 5.31. The lowest BCUT2D eigenvalue weighted by Crippen LogP contribution is -2.40. The predicted octanol–water partition coefficient (Wildman–Crippen LogP) is 3.13. The lowest BCUT2D eigenvalue weighted by molar-refractivity contribution is -0.113. The van der Waals surface area contributed by atoms with E-state index in [1.54, 1.807) is 34.7 Å². The maximum Gasteiger partial charge on any atom is 0.328 e. The molecule has 4 heterocycles. The van der Waals surface area contributed by atoms with Crippen LogP contribution >= 0.6 is 22.7 Å². The highest BCUT2D eigenvalue weighted by molar-refractivity contribution is 7.10. The first kappa shape index (κ1) is 24.1. The van der Waals surface area contributed by atoms with Gasteiger partial charge < -0.3 is 5.32 Å². The Hall–Kier alpha value is -4.28. The summed E-state index contributed by atoms with van der Waals surface area (Å²) in [5, 5.41) is 4.90. The first-order chi connectivity index (χ1) is 18.3. The number of nitrogens with one attached hydrogen (secondary N) is 1. The van der Waals surface area contributed by atoms with Crippen molar-refractivity contribution in [1.82, 2.24) is 13.7 Å². The summed E-state index contributed by atoms with van der Waals surface area (Å²) in [6, 6.07) is 18.2. The first-order valence-corrected chi connectivity index (χ1v) is 13.6. The SMILES string of the molecule is CC1=C(C(=O)Nc2ccccc2)[C@@H](c2cccs2)n2c(s/c(=C/c3ccc4c(c3)n(C)c(=O)n4C)c2=O)=N1. The molecule has 0 saturated carbocycles. The maximum atomic E-state index is 13.8. The van der Waals surface area contributed by atoms with Gasteiger partial charge in [-0.05, 0) is 54.3 Å². The Morgan fingerprint density at radius 2 is 1.76 bits per heavy atom. The van der Waals surface area contributed by atoms with Crippen LogP contribution in [0, 0.1) is 0 Å². The molecular weight excluding hydrogens is 518 g/mol. The van der Waals surface area contributed by atoms with Gasteiger partial charge >= 0.3 is 5.69 Å². The number of thiophene rings is 1. The van der Waals surface area contributed by atoms with E-state index in [4.69, 9.17) is 0 Å². The third-order valence-electron chi connectivity index (χ3n) is 6.70. The average molecular weight is 542 g/mol. The molecule has 0 radical (unpaired) electrons. The minimum atomic E-state index is -0.588. The van der Waals surface area contributed by atoms with Crippen molar-refractivity contribution in [2.45, 2.75) is 13.0 Å². The molecule has 38 heavy (non-hydrogen) atoms. The highest BCUT2D eigenvalue weighted by Crippen LogP contribution is 2.33. The van der Waals surface area contributed by atoms with Gasteiger partial charge in [-0.15, -0.1) is 11.3 Å². The summed E-state index contributed by atoms with van der Waals surface area (Å²) >= 11 is 2.79. The third-order valence-corrected chi connectivity index (χ3v) is 8.61. The van der Waals surface area contributed by atoms with Crippen LogP contribution in [-0.4, -0.2) is 19.6 Å². The van der Waals surface area contributed by atoms with E-state index in [9.17, 15) is 14.4 Å². The number of thiazole rings is 1. The molecule has 0 aliphatic carbocycles. The number of hydrogen-bond acceptors (Lipinski definition) is 6. The Morgan fingerprint density at radius 3 is 2.50 bits per heavy atom. The second-order valence-corrected chi connectivity index (χ2v) is 11.1. The summed E-state index contributed by atoms with van der Waals surface area (Å²) in [4.78, 5) is 45.8. The van der Waals surface area contributed by atoms with Gasteiger partial charge in [0.1, 0.15) is 6.04 Å². The fourth-order valence-corrected chi connectivity index (χ4v) is 6.68. The van der Waals surface area contributed by atoms with E-state index in [1.807, 2.05) is 72.1 Å². The molecular formula is C28H23N5O3S2. The second kappa shape index (κ2) is 9.23. The number of fused-ring (bicyclic) bond motifs is 2. The van der Waals surface area contributed by atoms with E-state index in [-0.39, 0.29) is 17.2 Å². The van der Waals surface area contributed by atoms with Crippen molar-refractivity contribution in [3.05, 3.63) is 118 Å². The number of aromatic nitrogens is 3. The molecule has 8 nitrogen and oxygen atoms in total. The first-order valence-electron chi connectivity index (χ1n) is 11.9. The zero-order chi connectivity index (χ0) is 26.6. The molecule has 2 aromatic carbocycles. The molecule has 0 bridgehead atoms. The molecule has 1 aliphatic rings. The van der Waals surface area contributed by atoms with Crippen molar-refractivity contribution in [3.8, 4) is 0 Å². The number of aryl methyl sites for hydroxylation is 2. The lowest BCUT2D eigenvalue weighted by Gasteiger charge is -2.24. The van der Waals surface area contributed by atoms with Gasteiger partial charge in [0.15, 0.2) is 4.80 Å². The number of amides is 1. The van der Waals surface area contributed by atoms with Gasteiger partial charge in [0.05, 0.1) is 26.8 Å². The van der Waals surface area contributed by atoms with Gasteiger partial charge in [-0.1, -0.05) is 41.7 Å². The quantitative estimate of drug-likeness (QED) is 0.379. The van der Waals surface area contributed by atoms with E-state index in [0.717, 1.165) is 21.5 Å². The molecule has 0 saturated heterocycles. The molecule has 5 aromatic rings. The Labute approximate surface area is 224 Å². The smallest absolute Gasteiger partial charge is 0.322 e. The van der Waals surface area contributed by atoms with Gasteiger partial charge in [-0.2, -0.15) is 0 Å². The van der Waals surface area contributed by atoms with Crippen LogP contribution in [-0.2, 0) is 18.9 Å². The fraction of sp³-hybridized carbons (Fsp3) is 0.143. The molecule has 1 N–H and O–H groups in total. The number of hydrogen-bond donors (Lipinski definition) is 1. The number of para-hydroxylation sites is 1. The Bertz CT molecular complexity index is 1990. The van der Waals surface area contributed by atoms with Crippen molar-refractivity contribution in [2.75, 3.05) is 5.32 Å². The number of benzene rings is 2. The van der Waals surface area contributed by atoms with Gasteiger partial charge in [0, 0.05) is 24.7 Å². The summed E-state index contributed by atoms with van der Waals surface area (Å²) in [7, 11) is 3.47. The van der Waals surface area contributed by atoms with E-state index >= 15 is 0 Å². The molecule has 10 heteroatoms. The number of carbonyl (C=O) groups excluding carboxylic acids is 1. The predicted molar refractivity (Wildman–Crippen MR) is 151 cm³/mol. The number of nitrogens with zero attached hydrogens (tertiary/aromatic N) is 4. The van der Waals surface area contributed by atoms with Gasteiger partial charge in [0.25, 0.3) is 11.5 Å². The Kier molecular flexibility index (Phi) is 5.85. The molecule has 1 aliphatic heterocycles. The number of carbonyl (C=O) groups is 1. The largest absolute Gasteiger partial charge is 0.328 e. The third kappa shape index (κ3) is 3.89. The number of anilines is 1. The summed E-state index contributed by atoms with van der Waals surface area (Å²) in [6.45, 7) is 1.81. The molecule has 0 fully saturated rings. The van der Waals surface area contributed by atoms with Crippen LogP contribution in [0.5, 0.6) is 0 Å². The van der Waals surface area contributed by atoms with Crippen LogP contribution in [0.1, 0.15) is 23.4 Å². The Morgan fingerprint density at radius 1 is 1.00 bits per heavy atom. The molecule has 0 spiro atoms. The van der Waals surface area contributed by atoms with Crippen LogP contribution < -0.4 is 25.9 Å². The second-order valence-electron chi connectivity index (χ2n) is 9.07. The Balaban J connectivity index is 1.49. The van der Waals surface area contributed by atoms with Gasteiger partial charge in [-0.3, -0.25) is 23.3 Å². The van der Waals surface area contributed by atoms with E-state index in [2.05, 4.69) is 10.3 Å². The molecule has 190 valence electrons. The lowest BCUT2D eigenvalue weighted by atomic mass is 10.0. The minimum absolute atomic E-state index is 0.107. The number of imidazole rings is 1. The maximum absolute atomic E-state index is 13.8. The van der Waals surface area contributed by atoms with Gasteiger partial charge in [0.2, 0.25) is 0 Å². The van der Waals surface area contributed by atoms with Crippen molar-refractivity contribution in [3.63, 3.8) is 0 Å². The van der Waals surface area contributed by atoms with Crippen LogP contribution in [0.15, 0.2) is 91.9 Å². The normalized spacial score (nSPS) is 15.6.